The molecule has 2 aliphatic rings. The van der Waals surface area contributed by atoms with Crippen LogP contribution in [-0.4, -0.2) is 36.6 Å². The summed E-state index contributed by atoms with van der Waals surface area (Å²) in [4.78, 5) is 22.5. The van der Waals surface area contributed by atoms with Crippen molar-refractivity contribution >= 4 is 33.8 Å². The van der Waals surface area contributed by atoms with Gasteiger partial charge in [-0.2, -0.15) is 0 Å². The number of fused-ring (bicyclic) bond motifs is 2. The van der Waals surface area contributed by atoms with E-state index in [4.69, 9.17) is 9.72 Å². The molecule has 5 rings (SSSR count). The van der Waals surface area contributed by atoms with Crippen molar-refractivity contribution in [2.75, 3.05) is 30.0 Å². The van der Waals surface area contributed by atoms with Crippen LogP contribution < -0.4 is 19.9 Å². The largest absolute Gasteiger partial charge is 0.489 e. The van der Waals surface area contributed by atoms with Crippen LogP contribution >= 0.6 is 11.3 Å². The summed E-state index contributed by atoms with van der Waals surface area (Å²) in [7, 11) is 2.09. The van der Waals surface area contributed by atoms with Crippen molar-refractivity contribution < 1.29 is 9.53 Å². The summed E-state index contributed by atoms with van der Waals surface area (Å²) in [6.07, 6.45) is 0.741. The topological polar surface area (TPSA) is 57.7 Å². The third-order valence-corrected chi connectivity index (χ3v) is 6.81. The van der Waals surface area contributed by atoms with Gasteiger partial charge in [-0.05, 0) is 31.5 Å². The first-order chi connectivity index (χ1) is 14.9. The lowest BCUT2D eigenvalue weighted by Gasteiger charge is -2.30. The Hall–Kier alpha value is -3.06. The average molecular weight is 435 g/mol. The van der Waals surface area contributed by atoms with Crippen LogP contribution in [-0.2, 0) is 13.0 Å². The van der Waals surface area contributed by atoms with Gasteiger partial charge in [0.25, 0.3) is 5.91 Å². The number of benzene rings is 2. The lowest BCUT2D eigenvalue weighted by atomic mass is 9.94. The molecule has 0 spiro atoms. The Labute approximate surface area is 186 Å². The fourth-order valence-electron chi connectivity index (χ4n) is 4.17. The second-order valence-electron chi connectivity index (χ2n) is 8.78. The molecule has 160 valence electrons. The summed E-state index contributed by atoms with van der Waals surface area (Å²) < 4.78 is 6.00. The first-order valence-electron chi connectivity index (χ1n) is 10.5. The minimum absolute atomic E-state index is 0.0265. The summed E-state index contributed by atoms with van der Waals surface area (Å²) in [6, 6.07) is 16.7. The summed E-state index contributed by atoms with van der Waals surface area (Å²) in [5, 5.41) is 3.92. The molecule has 0 unspecified atom stereocenters. The number of aromatic nitrogens is 1. The van der Waals surface area contributed by atoms with Gasteiger partial charge in [-0.1, -0.05) is 41.7 Å². The molecule has 2 aromatic carbocycles. The molecule has 0 atom stereocenters. The Kier molecular flexibility index (Phi) is 4.85. The molecular formula is C24H26N4O2S. The maximum atomic E-state index is 12.5. The summed E-state index contributed by atoms with van der Waals surface area (Å²) in [5.74, 6) is 0.822. The Morgan fingerprint density at radius 1 is 1.23 bits per heavy atom. The van der Waals surface area contributed by atoms with E-state index in [0.717, 1.165) is 45.8 Å². The number of hydrogen-bond acceptors (Lipinski definition) is 6. The lowest BCUT2D eigenvalue weighted by molar-refractivity contribution is 0.0901. The SMILES string of the molecule is CN(Cc1ccccc1)c1ccc2c(c1)OCCN2c1nc2c(s1)C(=O)NC(C)(C)C2. The van der Waals surface area contributed by atoms with E-state index in [-0.39, 0.29) is 11.4 Å². The van der Waals surface area contributed by atoms with Gasteiger partial charge in [0.05, 0.1) is 17.9 Å². The quantitative estimate of drug-likeness (QED) is 0.661. The van der Waals surface area contributed by atoms with Gasteiger partial charge < -0.3 is 19.9 Å². The summed E-state index contributed by atoms with van der Waals surface area (Å²) in [5.41, 5.74) is 3.98. The molecule has 2 aliphatic heterocycles. The minimum Gasteiger partial charge on any atom is -0.489 e. The van der Waals surface area contributed by atoms with Crippen molar-refractivity contribution in [2.45, 2.75) is 32.4 Å². The van der Waals surface area contributed by atoms with E-state index in [1.807, 2.05) is 19.9 Å². The van der Waals surface area contributed by atoms with Gasteiger partial charge >= 0.3 is 0 Å². The first-order valence-corrected chi connectivity index (χ1v) is 11.3. The number of ether oxygens (including phenoxy) is 1. The zero-order valence-corrected chi connectivity index (χ0v) is 18.8. The van der Waals surface area contributed by atoms with Crippen molar-refractivity contribution in [1.29, 1.82) is 0 Å². The molecule has 1 aromatic heterocycles. The molecule has 0 radical (unpaired) electrons. The minimum atomic E-state index is -0.267. The number of nitrogens with zero attached hydrogens (tertiary/aromatic N) is 3. The highest BCUT2D eigenvalue weighted by molar-refractivity contribution is 7.17. The Balaban J connectivity index is 1.42. The Bertz CT molecular complexity index is 1130. The van der Waals surface area contributed by atoms with E-state index in [2.05, 4.69) is 64.6 Å². The summed E-state index contributed by atoms with van der Waals surface area (Å²) >= 11 is 1.46. The van der Waals surface area contributed by atoms with Crippen molar-refractivity contribution in [2.24, 2.45) is 0 Å². The van der Waals surface area contributed by atoms with Crippen molar-refractivity contribution in [1.82, 2.24) is 10.3 Å². The molecule has 0 fully saturated rings. The predicted molar refractivity (Wildman–Crippen MR) is 125 cm³/mol. The lowest BCUT2D eigenvalue weighted by Crippen LogP contribution is -2.48. The molecule has 1 amide bonds. The van der Waals surface area contributed by atoms with E-state index in [1.54, 1.807) is 0 Å². The molecule has 0 aliphatic carbocycles. The van der Waals surface area contributed by atoms with Crippen molar-refractivity contribution in [3.63, 3.8) is 0 Å². The Morgan fingerprint density at radius 2 is 2.03 bits per heavy atom. The second kappa shape index (κ2) is 7.57. The monoisotopic (exact) mass is 434 g/mol. The van der Waals surface area contributed by atoms with Crippen LogP contribution in [0.5, 0.6) is 5.75 Å². The van der Waals surface area contributed by atoms with E-state index in [0.29, 0.717) is 13.2 Å². The maximum Gasteiger partial charge on any atom is 0.263 e. The van der Waals surface area contributed by atoms with E-state index in [9.17, 15) is 4.79 Å². The molecule has 3 aromatic rings. The number of anilines is 3. The zero-order valence-electron chi connectivity index (χ0n) is 18.0. The van der Waals surface area contributed by atoms with Crippen molar-refractivity contribution in [3.8, 4) is 5.75 Å². The van der Waals surface area contributed by atoms with Gasteiger partial charge in [0.1, 0.15) is 17.2 Å². The number of amides is 1. The van der Waals surface area contributed by atoms with Crippen LogP contribution in [0.15, 0.2) is 48.5 Å². The number of thiazole rings is 1. The normalized spacial score (nSPS) is 16.7. The fourth-order valence-corrected chi connectivity index (χ4v) is 5.19. The van der Waals surface area contributed by atoms with E-state index >= 15 is 0 Å². The molecule has 7 heteroatoms. The van der Waals surface area contributed by atoms with Crippen molar-refractivity contribution in [3.05, 3.63) is 64.7 Å². The molecular weight excluding hydrogens is 408 g/mol. The zero-order chi connectivity index (χ0) is 21.6. The van der Waals surface area contributed by atoms with E-state index < -0.39 is 0 Å². The number of hydrogen-bond donors (Lipinski definition) is 1. The molecule has 0 saturated carbocycles. The highest BCUT2D eigenvalue weighted by Gasteiger charge is 2.34. The van der Waals surface area contributed by atoms with Crippen LogP contribution in [0, 0.1) is 0 Å². The third kappa shape index (κ3) is 3.85. The number of carbonyl (C=O) groups is 1. The first kappa shape index (κ1) is 19.9. The van der Waals surface area contributed by atoms with Gasteiger partial charge in [-0.25, -0.2) is 4.98 Å². The fraction of sp³-hybridized carbons (Fsp3) is 0.333. The highest BCUT2D eigenvalue weighted by Crippen LogP contribution is 2.42. The number of rotatable bonds is 4. The number of nitrogens with one attached hydrogen (secondary N) is 1. The molecule has 3 heterocycles. The molecule has 31 heavy (non-hydrogen) atoms. The third-order valence-electron chi connectivity index (χ3n) is 5.69. The second-order valence-corrected chi connectivity index (χ2v) is 9.76. The summed E-state index contributed by atoms with van der Waals surface area (Å²) in [6.45, 7) is 6.19. The highest BCUT2D eigenvalue weighted by atomic mass is 32.1. The van der Waals surface area contributed by atoms with Gasteiger partial charge in [-0.15, -0.1) is 0 Å². The standard InChI is InChI=1S/C24H26N4O2S/c1-24(2)14-18-21(22(29)26-24)31-23(25-18)28-11-12-30-20-13-17(9-10-19(20)28)27(3)15-16-7-5-4-6-8-16/h4-10,13H,11-12,14-15H2,1-3H3,(H,26,29). The Morgan fingerprint density at radius 3 is 2.84 bits per heavy atom. The molecule has 0 saturated heterocycles. The van der Waals surface area contributed by atoms with Gasteiger partial charge in [0.2, 0.25) is 0 Å². The average Bonchev–Trinajstić information content (AvgIpc) is 3.16. The van der Waals surface area contributed by atoms with E-state index in [1.165, 1.54) is 16.9 Å². The van der Waals surface area contributed by atoms with Crippen LogP contribution in [0.2, 0.25) is 0 Å². The number of carbonyl (C=O) groups excluding carboxylic acids is 1. The van der Waals surface area contributed by atoms with Crippen LogP contribution in [0.3, 0.4) is 0 Å². The molecule has 6 nitrogen and oxygen atoms in total. The van der Waals surface area contributed by atoms with Crippen LogP contribution in [0.25, 0.3) is 0 Å². The molecule has 0 bridgehead atoms. The van der Waals surface area contributed by atoms with Crippen LogP contribution in [0.1, 0.15) is 34.8 Å². The van der Waals surface area contributed by atoms with Crippen LogP contribution in [0.4, 0.5) is 16.5 Å². The van der Waals surface area contributed by atoms with Gasteiger partial charge in [0, 0.05) is 37.3 Å². The molecule has 1 N–H and O–H groups in total. The smallest absolute Gasteiger partial charge is 0.263 e. The van der Waals surface area contributed by atoms with Gasteiger partial charge in [-0.3, -0.25) is 4.79 Å². The maximum absolute atomic E-state index is 12.5. The predicted octanol–water partition coefficient (Wildman–Crippen LogP) is 4.37. The van der Waals surface area contributed by atoms with Gasteiger partial charge in [0.15, 0.2) is 5.13 Å².